The average Bonchev–Trinajstić information content (AvgIpc) is 2.88. The van der Waals surface area contributed by atoms with Gasteiger partial charge in [0.2, 0.25) is 5.13 Å². The number of hydrogen-bond acceptors (Lipinski definition) is 5. The summed E-state index contributed by atoms with van der Waals surface area (Å²) in [6.45, 7) is 0.706. The van der Waals surface area contributed by atoms with E-state index in [9.17, 15) is 13.2 Å². The second-order valence-corrected chi connectivity index (χ2v) is 4.94. The Labute approximate surface area is 117 Å². The summed E-state index contributed by atoms with van der Waals surface area (Å²) in [6.07, 6.45) is -2.61. The van der Waals surface area contributed by atoms with Gasteiger partial charge >= 0.3 is 0 Å². The first-order valence-electron chi connectivity index (χ1n) is 5.77. The average molecular weight is 303 g/mol. The maximum absolute atomic E-state index is 12.9. The van der Waals surface area contributed by atoms with Gasteiger partial charge in [0.15, 0.2) is 5.01 Å². The molecule has 0 unspecified atom stereocenters. The van der Waals surface area contributed by atoms with Crippen LogP contribution in [0, 0.1) is 5.82 Å². The molecule has 108 valence electrons. The van der Waals surface area contributed by atoms with Crippen LogP contribution in [0.4, 0.5) is 18.3 Å². The third kappa shape index (κ3) is 3.83. The third-order valence-electron chi connectivity index (χ3n) is 2.43. The Morgan fingerprint density at radius 2 is 2.15 bits per heavy atom. The van der Waals surface area contributed by atoms with E-state index in [-0.39, 0.29) is 17.4 Å². The number of likely N-dealkylation sites (N-methyl/N-ethyl adjacent to an activating group) is 1. The first-order valence-corrected chi connectivity index (χ1v) is 6.59. The fourth-order valence-electron chi connectivity index (χ4n) is 1.42. The fourth-order valence-corrected chi connectivity index (χ4v) is 2.11. The standard InChI is InChI=1S/C12H12F3N3OS/c1-18(12-17-16-11(20-12)10(14)15)5-6-19-9-4-2-3-8(13)7-9/h2-4,7,10H,5-6H2,1H3. The lowest BCUT2D eigenvalue weighted by atomic mass is 10.3. The highest BCUT2D eigenvalue weighted by Gasteiger charge is 2.15. The van der Waals surface area contributed by atoms with Crippen molar-refractivity contribution in [3.05, 3.63) is 35.1 Å². The highest BCUT2D eigenvalue weighted by molar-refractivity contribution is 7.15. The van der Waals surface area contributed by atoms with Gasteiger partial charge in [0.05, 0.1) is 6.54 Å². The highest BCUT2D eigenvalue weighted by Crippen LogP contribution is 2.26. The van der Waals surface area contributed by atoms with Gasteiger partial charge in [-0.3, -0.25) is 0 Å². The summed E-state index contributed by atoms with van der Waals surface area (Å²) in [4.78, 5) is 1.66. The van der Waals surface area contributed by atoms with Gasteiger partial charge in [-0.25, -0.2) is 13.2 Å². The van der Waals surface area contributed by atoms with E-state index >= 15 is 0 Å². The van der Waals surface area contributed by atoms with Crippen LogP contribution in [0.2, 0.25) is 0 Å². The van der Waals surface area contributed by atoms with Crippen LogP contribution in [-0.4, -0.2) is 30.4 Å². The molecule has 0 fully saturated rings. The van der Waals surface area contributed by atoms with Crippen LogP contribution < -0.4 is 9.64 Å². The van der Waals surface area contributed by atoms with E-state index in [0.29, 0.717) is 17.4 Å². The molecule has 0 amide bonds. The predicted molar refractivity (Wildman–Crippen MR) is 70.0 cm³/mol. The molecule has 0 radical (unpaired) electrons. The quantitative estimate of drug-likeness (QED) is 0.822. The zero-order chi connectivity index (χ0) is 14.5. The first-order chi connectivity index (χ1) is 9.56. The van der Waals surface area contributed by atoms with Gasteiger partial charge in [-0.15, -0.1) is 10.2 Å². The second-order valence-electron chi connectivity index (χ2n) is 3.95. The summed E-state index contributed by atoms with van der Waals surface area (Å²) in [6, 6.07) is 5.79. The first kappa shape index (κ1) is 14.6. The zero-order valence-electron chi connectivity index (χ0n) is 10.6. The molecular formula is C12H12F3N3OS. The smallest absolute Gasteiger partial charge is 0.291 e. The van der Waals surface area contributed by atoms with Gasteiger partial charge in [0, 0.05) is 13.1 Å². The highest BCUT2D eigenvalue weighted by atomic mass is 32.1. The van der Waals surface area contributed by atoms with E-state index in [0.717, 1.165) is 11.3 Å². The molecule has 0 spiro atoms. The Kier molecular flexibility index (Phi) is 4.78. The van der Waals surface area contributed by atoms with E-state index in [4.69, 9.17) is 4.74 Å². The number of alkyl halides is 2. The van der Waals surface area contributed by atoms with Gasteiger partial charge in [0.1, 0.15) is 18.2 Å². The van der Waals surface area contributed by atoms with E-state index < -0.39 is 6.43 Å². The van der Waals surface area contributed by atoms with E-state index in [1.807, 2.05) is 0 Å². The van der Waals surface area contributed by atoms with Crippen molar-refractivity contribution in [3.63, 3.8) is 0 Å². The minimum atomic E-state index is -2.61. The number of hydrogen-bond donors (Lipinski definition) is 0. The van der Waals surface area contributed by atoms with Crippen LogP contribution in [0.25, 0.3) is 0 Å². The zero-order valence-corrected chi connectivity index (χ0v) is 11.4. The molecule has 0 aliphatic rings. The minimum Gasteiger partial charge on any atom is -0.492 e. The van der Waals surface area contributed by atoms with Crippen LogP contribution in [0.5, 0.6) is 5.75 Å². The van der Waals surface area contributed by atoms with Gasteiger partial charge in [-0.2, -0.15) is 0 Å². The van der Waals surface area contributed by atoms with Gasteiger partial charge in [-0.1, -0.05) is 17.4 Å². The summed E-state index contributed by atoms with van der Waals surface area (Å²) >= 11 is 0.836. The van der Waals surface area contributed by atoms with Crippen molar-refractivity contribution in [2.24, 2.45) is 0 Å². The van der Waals surface area contributed by atoms with Crippen molar-refractivity contribution in [1.29, 1.82) is 0 Å². The Morgan fingerprint density at radius 3 is 2.80 bits per heavy atom. The van der Waals surface area contributed by atoms with Crippen molar-refractivity contribution >= 4 is 16.5 Å². The lowest BCUT2D eigenvalue weighted by molar-refractivity contribution is 0.150. The van der Waals surface area contributed by atoms with Crippen molar-refractivity contribution in [1.82, 2.24) is 10.2 Å². The summed E-state index contributed by atoms with van der Waals surface area (Å²) in [7, 11) is 1.70. The molecule has 4 nitrogen and oxygen atoms in total. The van der Waals surface area contributed by atoms with Gasteiger partial charge < -0.3 is 9.64 Å². The minimum absolute atomic E-state index is 0.281. The van der Waals surface area contributed by atoms with Crippen LogP contribution in [-0.2, 0) is 0 Å². The molecule has 0 aliphatic carbocycles. The second kappa shape index (κ2) is 6.56. The molecule has 1 heterocycles. The number of rotatable bonds is 6. The lowest BCUT2D eigenvalue weighted by Crippen LogP contribution is -2.23. The largest absolute Gasteiger partial charge is 0.492 e. The SMILES string of the molecule is CN(CCOc1cccc(F)c1)c1nnc(C(F)F)s1. The Bertz CT molecular complexity index is 564. The topological polar surface area (TPSA) is 38.2 Å². The monoisotopic (exact) mass is 303 g/mol. The van der Waals surface area contributed by atoms with E-state index in [2.05, 4.69) is 10.2 Å². The summed E-state index contributed by atoms with van der Waals surface area (Å²) in [5.41, 5.74) is 0. The third-order valence-corrected chi connectivity index (χ3v) is 3.48. The molecule has 0 saturated heterocycles. The summed E-state index contributed by atoms with van der Waals surface area (Å²) < 4.78 is 43.0. The molecule has 0 saturated carbocycles. The maximum atomic E-state index is 12.9. The molecule has 2 aromatic rings. The molecule has 1 aromatic heterocycles. The maximum Gasteiger partial charge on any atom is 0.291 e. The number of anilines is 1. The molecule has 0 aliphatic heterocycles. The van der Waals surface area contributed by atoms with Crippen molar-refractivity contribution in [3.8, 4) is 5.75 Å². The number of benzene rings is 1. The van der Waals surface area contributed by atoms with Crippen LogP contribution in [0.15, 0.2) is 24.3 Å². The molecule has 2 rings (SSSR count). The summed E-state index contributed by atoms with van der Waals surface area (Å²) in [5, 5.41) is 7.16. The van der Waals surface area contributed by atoms with E-state index in [1.54, 1.807) is 24.1 Å². The number of aromatic nitrogens is 2. The summed E-state index contributed by atoms with van der Waals surface area (Å²) in [5.74, 6) is 0.0467. The molecule has 8 heteroatoms. The normalized spacial score (nSPS) is 10.8. The van der Waals surface area contributed by atoms with Crippen LogP contribution in [0.3, 0.4) is 0 Å². The van der Waals surface area contributed by atoms with E-state index in [1.165, 1.54) is 12.1 Å². The van der Waals surface area contributed by atoms with Crippen LogP contribution >= 0.6 is 11.3 Å². The molecule has 1 aromatic carbocycles. The van der Waals surface area contributed by atoms with Crippen molar-refractivity contribution < 1.29 is 17.9 Å². The Balaban J connectivity index is 1.84. The fraction of sp³-hybridized carbons (Fsp3) is 0.333. The molecule has 20 heavy (non-hydrogen) atoms. The predicted octanol–water partition coefficient (Wildman–Crippen LogP) is 3.13. The Morgan fingerprint density at radius 1 is 1.35 bits per heavy atom. The van der Waals surface area contributed by atoms with Crippen LogP contribution in [0.1, 0.15) is 11.4 Å². The molecular weight excluding hydrogens is 291 g/mol. The number of ether oxygens (including phenoxy) is 1. The van der Waals surface area contributed by atoms with Gasteiger partial charge in [-0.05, 0) is 12.1 Å². The number of nitrogens with zero attached hydrogens (tertiary/aromatic N) is 3. The van der Waals surface area contributed by atoms with Gasteiger partial charge in [0.25, 0.3) is 6.43 Å². The molecule has 0 bridgehead atoms. The van der Waals surface area contributed by atoms with Crippen molar-refractivity contribution in [2.75, 3.05) is 25.1 Å². The number of halogens is 3. The Hall–Kier alpha value is -1.83. The molecule has 0 atom stereocenters. The van der Waals surface area contributed by atoms with Crippen molar-refractivity contribution in [2.45, 2.75) is 6.43 Å². The molecule has 0 N–H and O–H groups in total. The lowest BCUT2D eigenvalue weighted by Gasteiger charge is -2.15.